The number of carboxylic acids is 1. The highest BCUT2D eigenvalue weighted by Crippen LogP contribution is 2.31. The van der Waals surface area contributed by atoms with Gasteiger partial charge in [-0.05, 0) is 49.0 Å². The van der Waals surface area contributed by atoms with E-state index < -0.39 is 5.97 Å². The van der Waals surface area contributed by atoms with Gasteiger partial charge in [0.2, 0.25) is 0 Å². The Balaban J connectivity index is 2.03. The summed E-state index contributed by atoms with van der Waals surface area (Å²) in [5.41, 5.74) is 2.16. The highest BCUT2D eigenvalue weighted by molar-refractivity contribution is 5.85. The fraction of sp³-hybridized carbons (Fsp3) is 0.438. The van der Waals surface area contributed by atoms with Gasteiger partial charge in [-0.25, -0.2) is 4.79 Å². The van der Waals surface area contributed by atoms with E-state index in [1.54, 1.807) is 6.08 Å². The normalized spacial score (nSPS) is 14.8. The molecule has 0 radical (unpaired) electrons. The van der Waals surface area contributed by atoms with Crippen molar-refractivity contribution in [3.8, 4) is 0 Å². The molecule has 0 bridgehead atoms. The average molecular weight is 259 g/mol. The lowest BCUT2D eigenvalue weighted by molar-refractivity contribution is -0.131. The largest absolute Gasteiger partial charge is 0.478 e. The lowest BCUT2D eigenvalue weighted by Gasteiger charge is -2.24. The van der Waals surface area contributed by atoms with E-state index in [0.29, 0.717) is 0 Å². The summed E-state index contributed by atoms with van der Waals surface area (Å²) in [6.07, 6.45) is 6.66. The van der Waals surface area contributed by atoms with E-state index in [9.17, 15) is 4.79 Å². The van der Waals surface area contributed by atoms with Crippen LogP contribution in [0.2, 0.25) is 0 Å². The number of aliphatic carboxylic acids is 1. The molecule has 1 fully saturated rings. The van der Waals surface area contributed by atoms with Gasteiger partial charge in [0.1, 0.15) is 0 Å². The van der Waals surface area contributed by atoms with Gasteiger partial charge >= 0.3 is 5.97 Å². The molecular weight excluding hydrogens is 238 g/mol. The number of hydrogen-bond acceptors (Lipinski definition) is 2. The van der Waals surface area contributed by atoms with Crippen molar-refractivity contribution in [2.24, 2.45) is 5.92 Å². The maximum atomic E-state index is 10.5. The Bertz CT molecular complexity index is 446. The Morgan fingerprint density at radius 3 is 2.58 bits per heavy atom. The lowest BCUT2D eigenvalue weighted by atomic mass is 10.1. The third-order valence-corrected chi connectivity index (χ3v) is 3.35. The molecule has 1 N–H and O–H groups in total. The van der Waals surface area contributed by atoms with E-state index in [2.05, 4.69) is 24.0 Å². The van der Waals surface area contributed by atoms with Gasteiger partial charge in [0.15, 0.2) is 0 Å². The Morgan fingerprint density at radius 2 is 2.05 bits per heavy atom. The second-order valence-corrected chi connectivity index (χ2v) is 5.15. The van der Waals surface area contributed by atoms with Crippen LogP contribution < -0.4 is 4.90 Å². The molecule has 102 valence electrons. The Hall–Kier alpha value is -1.77. The number of anilines is 1. The molecule has 19 heavy (non-hydrogen) atoms. The zero-order valence-electron chi connectivity index (χ0n) is 11.4. The summed E-state index contributed by atoms with van der Waals surface area (Å²) in [5.74, 6) is -0.0384. The third kappa shape index (κ3) is 4.43. The van der Waals surface area contributed by atoms with Crippen molar-refractivity contribution < 1.29 is 9.90 Å². The van der Waals surface area contributed by atoms with Gasteiger partial charge in [-0.3, -0.25) is 0 Å². The SMILES string of the molecule is CCCN(CC1CC1)c1ccc(/C=C/C(=O)O)cc1. The maximum absolute atomic E-state index is 10.5. The van der Waals surface area contributed by atoms with Crippen LogP contribution in [0.5, 0.6) is 0 Å². The van der Waals surface area contributed by atoms with Crippen LogP contribution in [0.3, 0.4) is 0 Å². The summed E-state index contributed by atoms with van der Waals surface area (Å²) >= 11 is 0. The predicted octanol–water partition coefficient (Wildman–Crippen LogP) is 3.41. The molecule has 0 aromatic heterocycles. The van der Waals surface area contributed by atoms with Crippen LogP contribution in [0, 0.1) is 5.92 Å². The van der Waals surface area contributed by atoms with Crippen LogP contribution in [0.15, 0.2) is 30.3 Å². The van der Waals surface area contributed by atoms with Crippen LogP contribution in [0.25, 0.3) is 6.08 Å². The van der Waals surface area contributed by atoms with E-state index in [4.69, 9.17) is 5.11 Å². The Morgan fingerprint density at radius 1 is 1.37 bits per heavy atom. The van der Waals surface area contributed by atoms with E-state index in [1.807, 2.05) is 12.1 Å². The van der Waals surface area contributed by atoms with Gasteiger partial charge in [-0.15, -0.1) is 0 Å². The van der Waals surface area contributed by atoms with E-state index in [1.165, 1.54) is 24.6 Å². The van der Waals surface area contributed by atoms with Crippen LogP contribution in [0.1, 0.15) is 31.7 Å². The molecule has 2 rings (SSSR count). The van der Waals surface area contributed by atoms with Gasteiger partial charge in [-0.1, -0.05) is 19.1 Å². The van der Waals surface area contributed by atoms with Crippen molar-refractivity contribution in [3.63, 3.8) is 0 Å². The summed E-state index contributed by atoms with van der Waals surface area (Å²) in [6, 6.07) is 8.12. The Labute approximate surface area is 114 Å². The number of nitrogens with zero attached hydrogens (tertiary/aromatic N) is 1. The van der Waals surface area contributed by atoms with Crippen molar-refractivity contribution in [2.45, 2.75) is 26.2 Å². The molecule has 0 spiro atoms. The minimum Gasteiger partial charge on any atom is -0.478 e. The highest BCUT2D eigenvalue weighted by Gasteiger charge is 2.24. The molecule has 1 saturated carbocycles. The smallest absolute Gasteiger partial charge is 0.328 e. The number of rotatable bonds is 7. The van der Waals surface area contributed by atoms with E-state index in [-0.39, 0.29) is 0 Å². The Kier molecular flexibility index (Phi) is 4.61. The van der Waals surface area contributed by atoms with Gasteiger partial charge in [0, 0.05) is 24.9 Å². The van der Waals surface area contributed by atoms with E-state index >= 15 is 0 Å². The van der Waals surface area contributed by atoms with Crippen molar-refractivity contribution in [2.75, 3.05) is 18.0 Å². The zero-order chi connectivity index (χ0) is 13.7. The molecule has 1 aromatic rings. The molecule has 0 amide bonds. The fourth-order valence-electron chi connectivity index (χ4n) is 2.17. The first-order chi connectivity index (χ1) is 9.19. The first-order valence-corrected chi connectivity index (χ1v) is 6.95. The molecule has 0 heterocycles. The molecule has 0 saturated heterocycles. The van der Waals surface area contributed by atoms with Crippen molar-refractivity contribution in [1.82, 2.24) is 0 Å². The summed E-state index contributed by atoms with van der Waals surface area (Å²) < 4.78 is 0. The molecule has 0 aliphatic heterocycles. The predicted molar refractivity (Wildman–Crippen MR) is 78.3 cm³/mol. The quantitative estimate of drug-likeness (QED) is 0.763. The number of carbonyl (C=O) groups is 1. The molecule has 1 aliphatic carbocycles. The number of hydrogen-bond donors (Lipinski definition) is 1. The standard InChI is InChI=1S/C16H21NO2/c1-2-11-17(12-14-3-4-14)15-8-5-13(6-9-15)7-10-16(18)19/h5-10,14H,2-4,11-12H2,1H3,(H,18,19)/b10-7+. The van der Waals surface area contributed by atoms with Gasteiger partial charge in [0.05, 0.1) is 0 Å². The highest BCUT2D eigenvalue weighted by atomic mass is 16.4. The first-order valence-electron chi connectivity index (χ1n) is 6.95. The van der Waals surface area contributed by atoms with Crippen molar-refractivity contribution in [1.29, 1.82) is 0 Å². The summed E-state index contributed by atoms with van der Waals surface area (Å²) in [6.45, 7) is 4.43. The minimum atomic E-state index is -0.912. The molecule has 0 unspecified atom stereocenters. The summed E-state index contributed by atoms with van der Waals surface area (Å²) in [7, 11) is 0. The molecular formula is C16H21NO2. The van der Waals surface area contributed by atoms with Gasteiger partial charge in [-0.2, -0.15) is 0 Å². The van der Waals surface area contributed by atoms with Crippen LogP contribution in [-0.2, 0) is 4.79 Å². The maximum Gasteiger partial charge on any atom is 0.328 e. The minimum absolute atomic E-state index is 0.873. The first kappa shape index (κ1) is 13.7. The van der Waals surface area contributed by atoms with Crippen molar-refractivity contribution >= 4 is 17.7 Å². The van der Waals surface area contributed by atoms with Crippen LogP contribution >= 0.6 is 0 Å². The van der Waals surface area contributed by atoms with E-state index in [0.717, 1.165) is 31.0 Å². The number of benzene rings is 1. The average Bonchev–Trinajstić information content (AvgIpc) is 3.20. The molecule has 0 atom stereocenters. The second-order valence-electron chi connectivity index (χ2n) is 5.15. The van der Waals surface area contributed by atoms with Gasteiger partial charge in [0.25, 0.3) is 0 Å². The molecule has 3 heteroatoms. The summed E-state index contributed by atoms with van der Waals surface area (Å²) in [4.78, 5) is 12.9. The fourth-order valence-corrected chi connectivity index (χ4v) is 2.17. The zero-order valence-corrected chi connectivity index (χ0v) is 11.4. The van der Waals surface area contributed by atoms with Gasteiger partial charge < -0.3 is 10.0 Å². The number of carboxylic acid groups (broad SMARTS) is 1. The van der Waals surface area contributed by atoms with Crippen LogP contribution in [-0.4, -0.2) is 24.2 Å². The molecule has 1 aliphatic rings. The second kappa shape index (κ2) is 6.41. The molecule has 3 nitrogen and oxygen atoms in total. The molecule has 1 aromatic carbocycles. The monoisotopic (exact) mass is 259 g/mol. The van der Waals surface area contributed by atoms with Crippen molar-refractivity contribution in [3.05, 3.63) is 35.9 Å². The van der Waals surface area contributed by atoms with Crippen LogP contribution in [0.4, 0.5) is 5.69 Å². The summed E-state index contributed by atoms with van der Waals surface area (Å²) in [5, 5.41) is 8.60. The lowest BCUT2D eigenvalue weighted by Crippen LogP contribution is -2.26. The third-order valence-electron chi connectivity index (χ3n) is 3.35. The topological polar surface area (TPSA) is 40.5 Å².